The highest BCUT2D eigenvalue weighted by atomic mass is 19.1. The van der Waals surface area contributed by atoms with Crippen LogP contribution in [0.3, 0.4) is 0 Å². The van der Waals surface area contributed by atoms with E-state index in [-0.39, 0.29) is 5.82 Å². The van der Waals surface area contributed by atoms with Gasteiger partial charge in [-0.1, -0.05) is 164 Å². The van der Waals surface area contributed by atoms with Crippen LogP contribution in [0.5, 0.6) is 0 Å². The Bertz CT molecular complexity index is 3850. The molecule has 9 aromatic carbocycles. The largest absolute Gasteiger partial charge is 0.455 e. The number of benzene rings is 9. The van der Waals surface area contributed by atoms with E-state index in [4.69, 9.17) is 18.8 Å². The Hall–Kier alpha value is -8.41. The second-order valence-corrected chi connectivity index (χ2v) is 16.9. The predicted octanol–water partition coefficient (Wildman–Crippen LogP) is 15.4. The maximum Gasteiger partial charge on any atom is 0.160 e. The number of furan rings is 2. The first-order valence-corrected chi connectivity index (χ1v) is 21.6. The average Bonchev–Trinajstić information content (AvgIpc) is 4.09. The summed E-state index contributed by atoms with van der Waals surface area (Å²) in [6.45, 7) is 0. The molecule has 12 aromatic rings. The summed E-state index contributed by atoms with van der Waals surface area (Å²) in [7, 11) is 0. The second kappa shape index (κ2) is 13.1. The third-order valence-electron chi connectivity index (χ3n) is 13.6. The molecule has 14 rings (SSSR count). The van der Waals surface area contributed by atoms with Gasteiger partial charge < -0.3 is 8.83 Å². The van der Waals surface area contributed by atoms with Gasteiger partial charge in [-0.15, -0.1) is 0 Å². The van der Waals surface area contributed by atoms with Crippen LogP contribution < -0.4 is 0 Å². The predicted molar refractivity (Wildman–Crippen MR) is 255 cm³/mol. The number of hydrogen-bond acceptors (Lipinski definition) is 4. The van der Waals surface area contributed by atoms with Crippen LogP contribution in [0.1, 0.15) is 22.3 Å². The fraction of sp³-hybridized carbons (Fsp3) is 0.0169. The molecule has 0 aliphatic heterocycles. The van der Waals surface area contributed by atoms with Crippen molar-refractivity contribution in [3.63, 3.8) is 0 Å². The number of nitrogens with zero attached hydrogens (tertiary/aromatic N) is 2. The van der Waals surface area contributed by atoms with Crippen molar-refractivity contribution in [3.05, 3.63) is 228 Å². The maximum absolute atomic E-state index is 15.9. The van der Waals surface area contributed by atoms with Crippen molar-refractivity contribution in [2.24, 2.45) is 0 Å². The Balaban J connectivity index is 1.06. The van der Waals surface area contributed by atoms with Crippen molar-refractivity contribution < 1.29 is 13.2 Å². The van der Waals surface area contributed by atoms with Gasteiger partial charge in [-0.25, -0.2) is 14.4 Å². The lowest BCUT2D eigenvalue weighted by Crippen LogP contribution is -2.26. The first-order chi connectivity index (χ1) is 31.6. The molecule has 0 fully saturated rings. The molecule has 64 heavy (non-hydrogen) atoms. The normalized spacial score (nSPS) is 14.7. The van der Waals surface area contributed by atoms with E-state index in [0.29, 0.717) is 5.82 Å². The van der Waals surface area contributed by atoms with Crippen molar-refractivity contribution in [2.45, 2.75) is 5.41 Å². The van der Waals surface area contributed by atoms with Crippen molar-refractivity contribution in [1.82, 2.24) is 9.97 Å². The fourth-order valence-corrected chi connectivity index (χ4v) is 10.9. The van der Waals surface area contributed by atoms with Crippen molar-refractivity contribution >= 4 is 43.9 Å². The van der Waals surface area contributed by atoms with Crippen LogP contribution >= 0.6 is 0 Å². The van der Waals surface area contributed by atoms with Crippen LogP contribution in [0, 0.1) is 5.82 Å². The third-order valence-corrected chi connectivity index (χ3v) is 13.6. The molecule has 2 aliphatic carbocycles. The van der Waals surface area contributed by atoms with E-state index in [1.54, 1.807) is 12.1 Å². The molecule has 0 amide bonds. The standard InChI is InChI=1S/C59H33FN2O2/c60-38-27-28-40-39-17-7-10-20-45(39)59(47(40)31-38)46-30-29-42-41-18-8-11-21-51(41)63-56(42)55(46)54-48(59)32-44(57-53(54)43-19-9-12-22-52(43)64-57)34-23-25-37(26-24-34)58-61-49(35-13-3-1-4-14-35)33-50(62-58)36-15-5-2-6-16-36/h1-33H. The van der Waals surface area contributed by atoms with E-state index in [0.717, 1.165) is 128 Å². The van der Waals surface area contributed by atoms with Crippen LogP contribution in [0.4, 0.5) is 4.39 Å². The number of hydrogen-bond donors (Lipinski definition) is 0. The number of rotatable bonds is 4. The summed E-state index contributed by atoms with van der Waals surface area (Å²) < 4.78 is 29.8. The maximum atomic E-state index is 15.9. The fourth-order valence-electron chi connectivity index (χ4n) is 10.9. The topological polar surface area (TPSA) is 52.1 Å². The first kappa shape index (κ1) is 35.2. The zero-order valence-electron chi connectivity index (χ0n) is 34.1. The molecule has 2 aliphatic rings. The van der Waals surface area contributed by atoms with Crippen molar-refractivity contribution in [2.75, 3.05) is 0 Å². The summed E-state index contributed by atoms with van der Waals surface area (Å²) in [5, 5.41) is 4.11. The number of halogens is 1. The van der Waals surface area contributed by atoms with E-state index in [2.05, 4.69) is 121 Å². The van der Waals surface area contributed by atoms with Gasteiger partial charge >= 0.3 is 0 Å². The molecular weight excluding hydrogens is 788 g/mol. The molecule has 298 valence electrons. The summed E-state index contributed by atoms with van der Waals surface area (Å²) in [6.07, 6.45) is 0. The average molecular weight is 821 g/mol. The minimum absolute atomic E-state index is 0.273. The van der Waals surface area contributed by atoms with E-state index >= 15 is 4.39 Å². The molecule has 0 bridgehead atoms. The molecular formula is C59H33FN2O2. The highest BCUT2D eigenvalue weighted by Gasteiger charge is 2.54. The molecule has 0 radical (unpaired) electrons. The summed E-state index contributed by atoms with van der Waals surface area (Å²) >= 11 is 0. The van der Waals surface area contributed by atoms with Crippen LogP contribution in [-0.4, -0.2) is 9.97 Å². The Morgan fingerprint density at radius 2 is 0.984 bits per heavy atom. The number of aromatic nitrogens is 2. The van der Waals surface area contributed by atoms with E-state index in [1.807, 2.05) is 66.7 Å². The molecule has 0 saturated carbocycles. The summed E-state index contributed by atoms with van der Waals surface area (Å²) in [4.78, 5) is 10.2. The molecule has 3 aromatic heterocycles. The molecule has 3 heterocycles. The summed E-state index contributed by atoms with van der Waals surface area (Å²) in [5.41, 5.74) is 17.3. The summed E-state index contributed by atoms with van der Waals surface area (Å²) in [5.74, 6) is 0.366. The van der Waals surface area contributed by atoms with Gasteiger partial charge in [0.25, 0.3) is 0 Å². The third kappa shape index (κ3) is 4.75. The van der Waals surface area contributed by atoms with Gasteiger partial charge in [0.2, 0.25) is 0 Å². The van der Waals surface area contributed by atoms with Gasteiger partial charge in [0.1, 0.15) is 28.1 Å². The van der Waals surface area contributed by atoms with Crippen LogP contribution in [0.15, 0.2) is 209 Å². The summed E-state index contributed by atoms with van der Waals surface area (Å²) in [6, 6.07) is 68.1. The smallest absolute Gasteiger partial charge is 0.160 e. The lowest BCUT2D eigenvalue weighted by molar-refractivity contribution is 0.622. The second-order valence-electron chi connectivity index (χ2n) is 16.9. The molecule has 1 unspecified atom stereocenters. The van der Waals surface area contributed by atoms with Gasteiger partial charge in [0, 0.05) is 54.9 Å². The molecule has 0 N–H and O–H groups in total. The van der Waals surface area contributed by atoms with Crippen molar-refractivity contribution in [1.29, 1.82) is 0 Å². The Morgan fingerprint density at radius 1 is 0.375 bits per heavy atom. The van der Waals surface area contributed by atoms with Gasteiger partial charge in [-0.3, -0.25) is 0 Å². The Labute approximate surface area is 366 Å². The Morgan fingerprint density at radius 3 is 1.73 bits per heavy atom. The van der Waals surface area contributed by atoms with E-state index < -0.39 is 5.41 Å². The molecule has 4 nitrogen and oxygen atoms in total. The van der Waals surface area contributed by atoms with E-state index in [1.165, 1.54) is 0 Å². The minimum Gasteiger partial charge on any atom is -0.455 e. The zero-order valence-corrected chi connectivity index (χ0v) is 34.1. The minimum atomic E-state index is -0.854. The van der Waals surface area contributed by atoms with Gasteiger partial charge in [0.05, 0.1) is 16.8 Å². The zero-order chi connectivity index (χ0) is 42.1. The number of para-hydroxylation sites is 2. The molecule has 1 spiro atoms. The first-order valence-electron chi connectivity index (χ1n) is 21.6. The number of fused-ring (bicyclic) bond motifs is 18. The molecule has 0 saturated heterocycles. The molecule has 1 atom stereocenters. The highest BCUT2D eigenvalue weighted by molar-refractivity contribution is 6.23. The monoisotopic (exact) mass is 820 g/mol. The van der Waals surface area contributed by atoms with Crippen molar-refractivity contribution in [3.8, 4) is 67.3 Å². The SMILES string of the molecule is Fc1ccc2c(c1)C1(c3ccccc3-2)c2ccc3c(oc4ccccc43)c2-c2c1cc(-c1ccc(-c3nc(-c4ccccc4)cc(-c4ccccc4)n3)cc1)c1oc3ccccc3c21. The van der Waals surface area contributed by atoms with Gasteiger partial charge in [-0.05, 0) is 75.3 Å². The molecule has 5 heteroatoms. The van der Waals surface area contributed by atoms with Crippen LogP contribution in [-0.2, 0) is 5.41 Å². The quantitative estimate of drug-likeness (QED) is 0.177. The van der Waals surface area contributed by atoms with Gasteiger partial charge in [0.15, 0.2) is 5.82 Å². The van der Waals surface area contributed by atoms with Crippen LogP contribution in [0.25, 0.3) is 111 Å². The lowest BCUT2D eigenvalue weighted by Gasteiger charge is -2.30. The Kier molecular flexibility index (Phi) is 7.18. The lowest BCUT2D eigenvalue weighted by atomic mass is 9.70. The van der Waals surface area contributed by atoms with Gasteiger partial charge in [-0.2, -0.15) is 0 Å². The highest BCUT2D eigenvalue weighted by Crippen LogP contribution is 2.66. The van der Waals surface area contributed by atoms with E-state index in [9.17, 15) is 0 Å². The van der Waals surface area contributed by atoms with Crippen LogP contribution in [0.2, 0.25) is 0 Å².